The fourth-order valence-electron chi connectivity index (χ4n) is 4.10. The molecule has 6 heteroatoms. The van der Waals surface area contributed by atoms with Crippen LogP contribution >= 0.6 is 23.2 Å². The molecule has 3 atom stereocenters. The normalized spacial score (nSPS) is 33.3. The summed E-state index contributed by atoms with van der Waals surface area (Å²) in [6.07, 6.45) is 5.69. The molecule has 1 aromatic carbocycles. The highest BCUT2D eigenvalue weighted by Crippen LogP contribution is 2.46. The van der Waals surface area contributed by atoms with Crippen molar-refractivity contribution in [3.63, 3.8) is 0 Å². The van der Waals surface area contributed by atoms with Gasteiger partial charge in [-0.3, -0.25) is 4.79 Å². The first-order chi connectivity index (χ1) is 12.0. The van der Waals surface area contributed by atoms with Crippen LogP contribution in [0.2, 0.25) is 10.0 Å². The van der Waals surface area contributed by atoms with Crippen molar-refractivity contribution in [1.29, 1.82) is 0 Å². The third-order valence-corrected chi connectivity index (χ3v) is 6.29. The topological polar surface area (TPSA) is 48.1 Å². The molecule has 4 rings (SSSR count). The average Bonchev–Trinajstić information content (AvgIpc) is 3.37. The van der Waals surface area contributed by atoms with Crippen molar-refractivity contribution in [3.8, 4) is 0 Å². The summed E-state index contributed by atoms with van der Waals surface area (Å²) in [5.41, 5.74) is 0.838. The van der Waals surface area contributed by atoms with E-state index in [0.717, 1.165) is 44.3 Å². The maximum atomic E-state index is 12.1. The zero-order valence-electron chi connectivity index (χ0n) is 14.0. The second-order valence-corrected chi connectivity index (χ2v) is 8.24. The summed E-state index contributed by atoms with van der Waals surface area (Å²) in [7, 11) is 0. The fraction of sp³-hybridized carbons (Fsp3) is 0.632. The van der Waals surface area contributed by atoms with Gasteiger partial charge in [0.2, 0.25) is 0 Å². The highest BCUT2D eigenvalue weighted by Gasteiger charge is 2.47. The minimum atomic E-state index is -0.246. The van der Waals surface area contributed by atoms with Gasteiger partial charge in [0.05, 0.1) is 35.0 Å². The van der Waals surface area contributed by atoms with E-state index >= 15 is 0 Å². The number of rotatable bonds is 6. The zero-order valence-corrected chi connectivity index (χ0v) is 15.5. The lowest BCUT2D eigenvalue weighted by molar-refractivity contribution is -0.148. The van der Waals surface area contributed by atoms with E-state index < -0.39 is 0 Å². The van der Waals surface area contributed by atoms with Crippen LogP contribution in [0, 0.1) is 0 Å². The number of hydrogen-bond donors (Lipinski definition) is 0. The number of epoxide rings is 1. The molecule has 3 aliphatic heterocycles. The standard InChI is InChI=1S/C19H22Cl2O4/c20-16-5-1-12(7-17(16)21)19(8-13-2-3-14(9-19)25-13)11-24-18(22)6-4-15-10-23-15/h1,5,7,13-15H,2-4,6,8-11H2. The molecular formula is C19H22Cl2O4. The molecule has 0 N–H and O–H groups in total. The molecule has 4 nitrogen and oxygen atoms in total. The quantitative estimate of drug-likeness (QED) is 0.541. The molecule has 0 spiro atoms. The van der Waals surface area contributed by atoms with Crippen LogP contribution in [-0.4, -0.2) is 37.5 Å². The number of carbonyl (C=O) groups is 1. The van der Waals surface area contributed by atoms with Crippen LogP contribution in [0.3, 0.4) is 0 Å². The van der Waals surface area contributed by atoms with Crippen LogP contribution in [0.25, 0.3) is 0 Å². The van der Waals surface area contributed by atoms with Gasteiger partial charge in [0.25, 0.3) is 0 Å². The average molecular weight is 385 g/mol. The van der Waals surface area contributed by atoms with Crippen molar-refractivity contribution >= 4 is 29.2 Å². The van der Waals surface area contributed by atoms with Gasteiger partial charge in [-0.15, -0.1) is 0 Å². The number of halogens is 2. The van der Waals surface area contributed by atoms with Crippen LogP contribution in [0.4, 0.5) is 0 Å². The number of esters is 1. The van der Waals surface area contributed by atoms with Crippen molar-refractivity contribution in [2.24, 2.45) is 0 Å². The predicted molar refractivity (Wildman–Crippen MR) is 95.2 cm³/mol. The highest BCUT2D eigenvalue weighted by atomic mass is 35.5. The van der Waals surface area contributed by atoms with Crippen LogP contribution in [0.15, 0.2) is 18.2 Å². The second kappa shape index (κ2) is 7.07. The van der Waals surface area contributed by atoms with Crippen molar-refractivity contribution in [1.82, 2.24) is 0 Å². The molecule has 3 fully saturated rings. The van der Waals surface area contributed by atoms with E-state index in [0.29, 0.717) is 23.1 Å². The summed E-state index contributed by atoms with van der Waals surface area (Å²) >= 11 is 12.3. The second-order valence-electron chi connectivity index (χ2n) is 7.43. The van der Waals surface area contributed by atoms with Gasteiger partial charge in [-0.1, -0.05) is 29.3 Å². The lowest BCUT2D eigenvalue weighted by Crippen LogP contribution is -2.43. The van der Waals surface area contributed by atoms with Gasteiger partial charge in [0, 0.05) is 11.8 Å². The Morgan fingerprint density at radius 1 is 1.20 bits per heavy atom. The molecule has 0 aliphatic carbocycles. The van der Waals surface area contributed by atoms with E-state index in [-0.39, 0.29) is 29.7 Å². The smallest absolute Gasteiger partial charge is 0.305 e. The van der Waals surface area contributed by atoms with Gasteiger partial charge in [-0.2, -0.15) is 0 Å². The first kappa shape index (κ1) is 17.6. The Labute approximate surface area is 157 Å². The van der Waals surface area contributed by atoms with Crippen LogP contribution in [0.5, 0.6) is 0 Å². The van der Waals surface area contributed by atoms with Crippen LogP contribution < -0.4 is 0 Å². The van der Waals surface area contributed by atoms with Gasteiger partial charge in [-0.05, 0) is 49.8 Å². The summed E-state index contributed by atoms with van der Waals surface area (Å²) < 4.78 is 16.8. The van der Waals surface area contributed by atoms with E-state index in [4.69, 9.17) is 37.4 Å². The maximum absolute atomic E-state index is 12.1. The number of fused-ring (bicyclic) bond motifs is 2. The SMILES string of the molecule is O=C(CCC1CO1)OCC1(c2ccc(Cl)c(Cl)c2)CC2CCC(C1)O2. The van der Waals surface area contributed by atoms with Gasteiger partial charge in [0.15, 0.2) is 0 Å². The molecule has 136 valence electrons. The molecule has 2 bridgehead atoms. The Bertz CT molecular complexity index is 647. The predicted octanol–water partition coefficient (Wildman–Crippen LogP) is 4.29. The Kier molecular flexibility index (Phi) is 4.98. The highest BCUT2D eigenvalue weighted by molar-refractivity contribution is 6.42. The molecule has 3 unspecified atom stereocenters. The molecule has 0 saturated carbocycles. The van der Waals surface area contributed by atoms with E-state index in [1.807, 2.05) is 18.2 Å². The van der Waals surface area contributed by atoms with Crippen LogP contribution in [-0.2, 0) is 24.4 Å². The zero-order chi connectivity index (χ0) is 17.4. The Morgan fingerprint density at radius 2 is 1.92 bits per heavy atom. The maximum Gasteiger partial charge on any atom is 0.305 e. The number of hydrogen-bond acceptors (Lipinski definition) is 4. The van der Waals surface area contributed by atoms with Crippen molar-refractivity contribution in [2.45, 2.75) is 62.3 Å². The molecule has 1 aromatic rings. The first-order valence-corrected chi connectivity index (χ1v) is 9.68. The summed E-state index contributed by atoms with van der Waals surface area (Å²) in [5, 5.41) is 1.08. The first-order valence-electron chi connectivity index (χ1n) is 8.92. The minimum Gasteiger partial charge on any atom is -0.465 e. The molecule has 3 aliphatic rings. The molecule has 3 saturated heterocycles. The van der Waals surface area contributed by atoms with Crippen molar-refractivity contribution in [3.05, 3.63) is 33.8 Å². The molecule has 3 heterocycles. The lowest BCUT2D eigenvalue weighted by atomic mass is 9.72. The summed E-state index contributed by atoms with van der Waals surface area (Å²) in [6, 6.07) is 5.75. The number of ether oxygens (including phenoxy) is 3. The van der Waals surface area contributed by atoms with Gasteiger partial charge in [-0.25, -0.2) is 0 Å². The third kappa shape index (κ3) is 3.97. The van der Waals surface area contributed by atoms with Gasteiger partial charge < -0.3 is 14.2 Å². The Morgan fingerprint density at radius 3 is 2.56 bits per heavy atom. The molecule has 0 amide bonds. The Balaban J connectivity index is 1.51. The lowest BCUT2D eigenvalue weighted by Gasteiger charge is -2.40. The van der Waals surface area contributed by atoms with E-state index in [1.165, 1.54) is 0 Å². The minimum absolute atomic E-state index is 0.159. The molecule has 0 aromatic heterocycles. The van der Waals surface area contributed by atoms with Crippen LogP contribution in [0.1, 0.15) is 44.1 Å². The van der Waals surface area contributed by atoms with Crippen molar-refractivity contribution < 1.29 is 19.0 Å². The van der Waals surface area contributed by atoms with Crippen molar-refractivity contribution in [2.75, 3.05) is 13.2 Å². The summed E-state index contributed by atoms with van der Waals surface area (Å²) in [5.74, 6) is -0.159. The van der Waals surface area contributed by atoms with E-state index in [2.05, 4.69) is 0 Å². The molecule has 0 radical (unpaired) electrons. The van der Waals surface area contributed by atoms with E-state index in [9.17, 15) is 4.79 Å². The van der Waals surface area contributed by atoms with Gasteiger partial charge >= 0.3 is 5.97 Å². The Hall–Kier alpha value is -0.810. The molecule has 25 heavy (non-hydrogen) atoms. The number of benzene rings is 1. The van der Waals surface area contributed by atoms with E-state index in [1.54, 1.807) is 0 Å². The molecular weight excluding hydrogens is 363 g/mol. The summed E-state index contributed by atoms with van der Waals surface area (Å²) in [4.78, 5) is 12.1. The third-order valence-electron chi connectivity index (χ3n) is 5.55. The fourth-order valence-corrected chi connectivity index (χ4v) is 4.40. The largest absolute Gasteiger partial charge is 0.465 e. The van der Waals surface area contributed by atoms with Gasteiger partial charge in [0.1, 0.15) is 6.61 Å². The number of carbonyl (C=O) groups excluding carboxylic acids is 1. The summed E-state index contributed by atoms with van der Waals surface area (Å²) in [6.45, 7) is 1.13. The monoisotopic (exact) mass is 384 g/mol.